The predicted octanol–water partition coefficient (Wildman–Crippen LogP) is 1.88. The van der Waals surface area contributed by atoms with Gasteiger partial charge in [-0.2, -0.15) is 0 Å². The van der Waals surface area contributed by atoms with Gasteiger partial charge in [-0.15, -0.1) is 0 Å². The second-order valence-electron chi connectivity index (χ2n) is 4.89. The lowest BCUT2D eigenvalue weighted by atomic mass is 9.98. The molecule has 1 aromatic carbocycles. The summed E-state index contributed by atoms with van der Waals surface area (Å²) in [5, 5.41) is 0. The molecule has 3 N–H and O–H groups in total. The third-order valence-corrected chi connectivity index (χ3v) is 3.60. The Labute approximate surface area is 111 Å². The Hall–Kier alpha value is -2.30. The minimum Gasteiger partial charge on any atom is -0.369 e. The molecule has 0 saturated heterocycles. The van der Waals surface area contributed by atoms with Gasteiger partial charge >= 0.3 is 0 Å². The monoisotopic (exact) mass is 256 g/mol. The van der Waals surface area contributed by atoms with Crippen molar-refractivity contribution in [2.24, 2.45) is 0 Å². The van der Waals surface area contributed by atoms with Gasteiger partial charge in [0.15, 0.2) is 5.95 Å². The maximum absolute atomic E-state index is 11.7. The van der Waals surface area contributed by atoms with Crippen molar-refractivity contribution in [2.45, 2.75) is 19.8 Å². The number of rotatable bonds is 1. The smallest absolute Gasteiger partial charge is 0.227 e. The van der Waals surface area contributed by atoms with Crippen LogP contribution in [0.1, 0.15) is 17.7 Å². The van der Waals surface area contributed by atoms with Crippen molar-refractivity contribution in [3.63, 3.8) is 0 Å². The molecule has 1 aromatic heterocycles. The number of aromatic nitrogens is 2. The van der Waals surface area contributed by atoms with Crippen LogP contribution < -0.4 is 10.6 Å². The van der Waals surface area contributed by atoms with E-state index in [0.29, 0.717) is 12.4 Å². The van der Waals surface area contributed by atoms with Crippen molar-refractivity contribution in [2.75, 3.05) is 17.7 Å². The maximum atomic E-state index is 11.7. The number of aryl methyl sites for hydroxylation is 2. The summed E-state index contributed by atoms with van der Waals surface area (Å²) in [6.07, 6.45) is 1.35. The van der Waals surface area contributed by atoms with Crippen LogP contribution in [0.4, 0.5) is 11.6 Å². The van der Waals surface area contributed by atoms with E-state index in [1.807, 2.05) is 26.1 Å². The second kappa shape index (κ2) is 4.12. The summed E-state index contributed by atoms with van der Waals surface area (Å²) in [7, 11) is 1.82. The molecule has 0 aliphatic carbocycles. The van der Waals surface area contributed by atoms with Crippen LogP contribution in [0.25, 0.3) is 11.3 Å². The zero-order chi connectivity index (χ0) is 13.6. The quantitative estimate of drug-likeness (QED) is 0.818. The fourth-order valence-corrected chi connectivity index (χ4v) is 2.57. The van der Waals surface area contributed by atoms with Crippen LogP contribution in [-0.2, 0) is 11.2 Å². The number of nitrogens with one attached hydrogen (secondary N) is 1. The lowest BCUT2D eigenvalue weighted by molar-refractivity contribution is -0.118. The highest BCUT2D eigenvalue weighted by Gasteiger charge is 2.21. The van der Waals surface area contributed by atoms with Gasteiger partial charge in [0, 0.05) is 30.4 Å². The molecule has 0 atom stereocenters. The Morgan fingerprint density at radius 1 is 1.37 bits per heavy atom. The molecule has 0 fully saturated rings. The lowest BCUT2D eigenvalue weighted by Crippen LogP contribution is -2.30. The van der Waals surface area contributed by atoms with Gasteiger partial charge in [-0.1, -0.05) is 6.07 Å². The molecule has 1 aliphatic heterocycles. The topological polar surface area (TPSA) is 75.0 Å². The molecule has 98 valence electrons. The predicted molar refractivity (Wildman–Crippen MR) is 74.9 cm³/mol. The van der Waals surface area contributed by atoms with Gasteiger partial charge in [-0.25, -0.2) is 4.98 Å². The number of benzene rings is 1. The van der Waals surface area contributed by atoms with Crippen molar-refractivity contribution in [3.05, 3.63) is 29.5 Å². The van der Waals surface area contributed by atoms with Crippen molar-refractivity contribution in [1.29, 1.82) is 0 Å². The SMILES string of the molecule is Cc1[nH]c(N)nc1-c1ccc2c(c1)CCC(=O)N2C. The molecule has 0 unspecified atom stereocenters. The number of hydrogen-bond acceptors (Lipinski definition) is 3. The number of anilines is 2. The molecule has 1 amide bonds. The number of carbonyl (C=O) groups excluding carboxylic acids is 1. The van der Waals surface area contributed by atoms with Gasteiger partial charge in [-0.05, 0) is 31.0 Å². The summed E-state index contributed by atoms with van der Waals surface area (Å²) in [4.78, 5) is 20.7. The highest BCUT2D eigenvalue weighted by atomic mass is 16.2. The first kappa shape index (κ1) is 11.8. The highest BCUT2D eigenvalue weighted by Crippen LogP contribution is 2.31. The Kier molecular flexibility index (Phi) is 2.55. The zero-order valence-electron chi connectivity index (χ0n) is 11.0. The normalized spacial score (nSPS) is 14.6. The van der Waals surface area contributed by atoms with E-state index in [9.17, 15) is 4.79 Å². The molecule has 0 spiro atoms. The number of nitrogens with zero attached hydrogens (tertiary/aromatic N) is 2. The number of imidazole rings is 1. The van der Waals surface area contributed by atoms with Gasteiger partial charge in [-0.3, -0.25) is 4.79 Å². The minimum absolute atomic E-state index is 0.167. The molecule has 3 rings (SSSR count). The van der Waals surface area contributed by atoms with Crippen LogP contribution in [0.5, 0.6) is 0 Å². The summed E-state index contributed by atoms with van der Waals surface area (Å²) in [5.41, 5.74) is 10.7. The number of nitrogen functional groups attached to an aromatic ring is 1. The largest absolute Gasteiger partial charge is 0.369 e. The first-order valence-electron chi connectivity index (χ1n) is 6.28. The van der Waals surface area contributed by atoms with Crippen LogP contribution in [0.3, 0.4) is 0 Å². The molecular weight excluding hydrogens is 240 g/mol. The van der Waals surface area contributed by atoms with Crippen LogP contribution in [0.15, 0.2) is 18.2 Å². The number of H-pyrrole nitrogens is 1. The van der Waals surface area contributed by atoms with Crippen molar-refractivity contribution in [3.8, 4) is 11.3 Å². The third kappa shape index (κ3) is 1.87. The van der Waals surface area contributed by atoms with E-state index in [0.717, 1.165) is 29.1 Å². The first-order chi connectivity index (χ1) is 9.06. The summed E-state index contributed by atoms with van der Waals surface area (Å²) < 4.78 is 0. The number of hydrogen-bond donors (Lipinski definition) is 2. The average Bonchev–Trinajstić information content (AvgIpc) is 2.73. The van der Waals surface area contributed by atoms with Crippen LogP contribution in [-0.4, -0.2) is 22.9 Å². The Bertz CT molecular complexity index is 659. The Morgan fingerprint density at radius 3 is 2.84 bits per heavy atom. The van der Waals surface area contributed by atoms with Gasteiger partial charge < -0.3 is 15.6 Å². The average molecular weight is 256 g/mol. The van der Waals surface area contributed by atoms with Crippen molar-refractivity contribution < 1.29 is 4.79 Å². The van der Waals surface area contributed by atoms with Crippen molar-refractivity contribution >= 4 is 17.5 Å². The van der Waals surface area contributed by atoms with Gasteiger partial charge in [0.1, 0.15) is 0 Å². The van der Waals surface area contributed by atoms with E-state index in [2.05, 4.69) is 16.0 Å². The molecule has 1 aliphatic rings. The van der Waals surface area contributed by atoms with Crippen LogP contribution in [0.2, 0.25) is 0 Å². The molecule has 0 radical (unpaired) electrons. The molecule has 0 bridgehead atoms. The summed E-state index contributed by atoms with van der Waals surface area (Å²) in [5.74, 6) is 0.595. The molecule has 5 heteroatoms. The third-order valence-electron chi connectivity index (χ3n) is 3.60. The number of carbonyl (C=O) groups is 1. The van der Waals surface area contributed by atoms with E-state index in [1.54, 1.807) is 4.90 Å². The summed E-state index contributed by atoms with van der Waals surface area (Å²) >= 11 is 0. The van der Waals surface area contributed by atoms with Gasteiger partial charge in [0.05, 0.1) is 5.69 Å². The molecule has 0 saturated carbocycles. The zero-order valence-corrected chi connectivity index (χ0v) is 11.0. The maximum Gasteiger partial charge on any atom is 0.227 e. The van der Waals surface area contributed by atoms with Gasteiger partial charge in [0.25, 0.3) is 0 Å². The van der Waals surface area contributed by atoms with E-state index < -0.39 is 0 Å². The van der Waals surface area contributed by atoms with E-state index in [1.165, 1.54) is 5.56 Å². The molecular formula is C14H16N4O. The molecule has 2 aromatic rings. The van der Waals surface area contributed by atoms with E-state index in [4.69, 9.17) is 5.73 Å². The minimum atomic E-state index is 0.167. The van der Waals surface area contributed by atoms with Gasteiger partial charge in [0.2, 0.25) is 5.91 Å². The number of aromatic amines is 1. The number of amides is 1. The lowest BCUT2D eigenvalue weighted by Gasteiger charge is -2.26. The highest BCUT2D eigenvalue weighted by molar-refractivity contribution is 5.96. The van der Waals surface area contributed by atoms with E-state index in [-0.39, 0.29) is 5.91 Å². The van der Waals surface area contributed by atoms with Crippen LogP contribution >= 0.6 is 0 Å². The standard InChI is InChI=1S/C14H16N4O/c1-8-13(17-14(15)16-8)10-3-5-11-9(7-10)4-6-12(19)18(11)2/h3,5,7H,4,6H2,1-2H3,(H3,15,16,17). The number of fused-ring (bicyclic) bond motifs is 1. The van der Waals surface area contributed by atoms with E-state index >= 15 is 0 Å². The van der Waals surface area contributed by atoms with Crippen LogP contribution in [0, 0.1) is 6.92 Å². The summed E-state index contributed by atoms with van der Waals surface area (Å²) in [6, 6.07) is 6.06. The second-order valence-corrected chi connectivity index (χ2v) is 4.89. The first-order valence-corrected chi connectivity index (χ1v) is 6.28. The summed E-state index contributed by atoms with van der Waals surface area (Å²) in [6.45, 7) is 1.95. The Balaban J connectivity index is 2.07. The molecule has 2 heterocycles. The number of nitrogens with two attached hydrogens (primary N) is 1. The fourth-order valence-electron chi connectivity index (χ4n) is 2.57. The molecule has 19 heavy (non-hydrogen) atoms. The fraction of sp³-hybridized carbons (Fsp3) is 0.286. The van der Waals surface area contributed by atoms with Crippen molar-refractivity contribution in [1.82, 2.24) is 9.97 Å². The molecule has 5 nitrogen and oxygen atoms in total. The Morgan fingerprint density at radius 2 is 2.16 bits per heavy atom.